The van der Waals surface area contributed by atoms with Gasteiger partial charge in [-0.1, -0.05) is 6.92 Å². The minimum absolute atomic E-state index is 0.0974. The van der Waals surface area contributed by atoms with Crippen molar-refractivity contribution in [3.05, 3.63) is 29.8 Å². The van der Waals surface area contributed by atoms with Crippen LogP contribution in [-0.2, 0) is 10.0 Å². The zero-order valence-corrected chi connectivity index (χ0v) is 15.7. The van der Waals surface area contributed by atoms with E-state index in [0.29, 0.717) is 11.3 Å². The van der Waals surface area contributed by atoms with Crippen molar-refractivity contribution in [1.82, 2.24) is 5.32 Å². The van der Waals surface area contributed by atoms with E-state index in [4.69, 9.17) is 0 Å². The molecule has 1 aliphatic rings. The van der Waals surface area contributed by atoms with Crippen molar-refractivity contribution in [2.75, 3.05) is 4.72 Å². The number of carbonyl (C=O) groups excluding carboxylic acids is 1. The first-order valence-corrected chi connectivity index (χ1v) is 10.00. The molecule has 2 N–H and O–H groups in total. The maximum Gasteiger partial charge on any atom is 0.251 e. The van der Waals surface area contributed by atoms with E-state index < -0.39 is 14.8 Å². The average molecular weight is 353 g/mol. The summed E-state index contributed by atoms with van der Waals surface area (Å²) in [5.41, 5.74) is 1.01. The van der Waals surface area contributed by atoms with E-state index in [9.17, 15) is 13.2 Å². The van der Waals surface area contributed by atoms with Crippen LogP contribution in [0.4, 0.5) is 5.69 Å². The summed E-state index contributed by atoms with van der Waals surface area (Å²) in [4.78, 5) is 12.3. The highest BCUT2D eigenvalue weighted by molar-refractivity contribution is 7.94. The topological polar surface area (TPSA) is 75.3 Å². The van der Waals surface area contributed by atoms with Crippen LogP contribution in [0.1, 0.15) is 63.7 Å². The SMILES string of the molecule is CC1CCC(NC(=O)c2ccc(NS(=O)(=O)C(C)(C)C)cc2)CC1. The van der Waals surface area contributed by atoms with Gasteiger partial charge in [-0.3, -0.25) is 9.52 Å². The third-order valence-electron chi connectivity index (χ3n) is 4.56. The molecule has 134 valence electrons. The van der Waals surface area contributed by atoms with E-state index >= 15 is 0 Å². The van der Waals surface area contributed by atoms with Crippen molar-refractivity contribution in [1.29, 1.82) is 0 Å². The number of benzene rings is 1. The van der Waals surface area contributed by atoms with Gasteiger partial charge in [0, 0.05) is 17.3 Å². The molecule has 0 heterocycles. The quantitative estimate of drug-likeness (QED) is 0.870. The molecule has 1 aromatic carbocycles. The molecule has 1 aliphatic carbocycles. The molecule has 0 unspecified atom stereocenters. The second-order valence-corrected chi connectivity index (χ2v) is 10.2. The van der Waals surface area contributed by atoms with Gasteiger partial charge in [-0.05, 0) is 76.6 Å². The molecule has 0 aromatic heterocycles. The van der Waals surface area contributed by atoms with Gasteiger partial charge in [0.15, 0.2) is 0 Å². The standard InChI is InChI=1S/C18H28N2O3S/c1-13-5-9-15(10-6-13)19-17(21)14-7-11-16(12-8-14)20-24(22,23)18(2,3)4/h7-8,11-13,15,20H,5-6,9-10H2,1-4H3,(H,19,21). The van der Waals surface area contributed by atoms with Crippen LogP contribution in [-0.4, -0.2) is 25.1 Å². The van der Waals surface area contributed by atoms with Crippen LogP contribution >= 0.6 is 0 Å². The Morgan fingerprint density at radius 1 is 1.04 bits per heavy atom. The molecule has 2 rings (SSSR count). The molecule has 5 nitrogen and oxygen atoms in total. The molecule has 1 fully saturated rings. The van der Waals surface area contributed by atoms with E-state index in [1.54, 1.807) is 45.0 Å². The molecule has 0 bridgehead atoms. The van der Waals surface area contributed by atoms with E-state index in [-0.39, 0.29) is 11.9 Å². The molecular formula is C18H28N2O3S. The Hall–Kier alpha value is -1.56. The molecule has 24 heavy (non-hydrogen) atoms. The maximum atomic E-state index is 12.3. The van der Waals surface area contributed by atoms with Crippen molar-refractivity contribution in [3.63, 3.8) is 0 Å². The lowest BCUT2D eigenvalue weighted by molar-refractivity contribution is 0.0923. The van der Waals surface area contributed by atoms with Crippen molar-refractivity contribution < 1.29 is 13.2 Å². The fraction of sp³-hybridized carbons (Fsp3) is 0.611. The molecule has 0 atom stereocenters. The average Bonchev–Trinajstić information content (AvgIpc) is 2.49. The highest BCUT2D eigenvalue weighted by atomic mass is 32.2. The van der Waals surface area contributed by atoms with E-state index in [0.717, 1.165) is 31.6 Å². The third kappa shape index (κ3) is 4.72. The Bertz CT molecular complexity index is 667. The Morgan fingerprint density at radius 3 is 2.08 bits per heavy atom. The van der Waals surface area contributed by atoms with Crippen LogP contribution in [0.25, 0.3) is 0 Å². The van der Waals surface area contributed by atoms with Gasteiger partial charge < -0.3 is 5.32 Å². The van der Waals surface area contributed by atoms with E-state index in [2.05, 4.69) is 17.0 Å². The molecule has 1 amide bonds. The van der Waals surface area contributed by atoms with Crippen LogP contribution in [0.5, 0.6) is 0 Å². The first kappa shape index (κ1) is 18.8. The second kappa shape index (κ2) is 7.13. The van der Waals surface area contributed by atoms with Crippen LogP contribution in [0.3, 0.4) is 0 Å². The monoisotopic (exact) mass is 352 g/mol. The number of hydrogen-bond donors (Lipinski definition) is 2. The lowest BCUT2D eigenvalue weighted by atomic mass is 9.87. The Morgan fingerprint density at radius 2 is 1.58 bits per heavy atom. The summed E-state index contributed by atoms with van der Waals surface area (Å²) >= 11 is 0. The first-order chi connectivity index (χ1) is 11.1. The number of amides is 1. The molecule has 0 spiro atoms. The summed E-state index contributed by atoms with van der Waals surface area (Å²) in [5, 5.41) is 3.07. The Kier molecular flexibility index (Phi) is 5.58. The minimum Gasteiger partial charge on any atom is -0.349 e. The van der Waals surface area contributed by atoms with Crippen LogP contribution < -0.4 is 10.0 Å². The lowest BCUT2D eigenvalue weighted by Crippen LogP contribution is -2.37. The van der Waals surface area contributed by atoms with E-state index in [1.807, 2.05) is 0 Å². The van der Waals surface area contributed by atoms with Gasteiger partial charge in [0.2, 0.25) is 10.0 Å². The van der Waals surface area contributed by atoms with Gasteiger partial charge in [0.1, 0.15) is 0 Å². The number of anilines is 1. The van der Waals surface area contributed by atoms with Crippen LogP contribution in [0.15, 0.2) is 24.3 Å². The van der Waals surface area contributed by atoms with Gasteiger partial charge in [0.25, 0.3) is 5.91 Å². The largest absolute Gasteiger partial charge is 0.349 e. The molecule has 0 aliphatic heterocycles. The molecule has 1 saturated carbocycles. The maximum absolute atomic E-state index is 12.3. The fourth-order valence-corrected chi connectivity index (χ4v) is 3.42. The Balaban J connectivity index is 1.98. The number of hydrogen-bond acceptors (Lipinski definition) is 3. The zero-order chi connectivity index (χ0) is 18.0. The van der Waals surface area contributed by atoms with E-state index in [1.165, 1.54) is 0 Å². The second-order valence-electron chi connectivity index (χ2n) is 7.73. The van der Waals surface area contributed by atoms with Crippen LogP contribution in [0.2, 0.25) is 0 Å². The van der Waals surface area contributed by atoms with Gasteiger partial charge in [0.05, 0.1) is 4.75 Å². The summed E-state index contributed by atoms with van der Waals surface area (Å²) < 4.78 is 25.9. The predicted molar refractivity (Wildman–Crippen MR) is 97.6 cm³/mol. The third-order valence-corrected chi connectivity index (χ3v) is 6.67. The number of rotatable bonds is 4. The molecule has 1 aromatic rings. The summed E-state index contributed by atoms with van der Waals surface area (Å²) in [6.45, 7) is 7.17. The summed E-state index contributed by atoms with van der Waals surface area (Å²) in [6.07, 6.45) is 4.35. The number of sulfonamides is 1. The van der Waals surface area contributed by atoms with Crippen molar-refractivity contribution >= 4 is 21.6 Å². The van der Waals surface area contributed by atoms with Gasteiger partial charge in [-0.2, -0.15) is 0 Å². The highest BCUT2D eigenvalue weighted by Gasteiger charge is 2.29. The highest BCUT2D eigenvalue weighted by Crippen LogP contribution is 2.24. The summed E-state index contributed by atoms with van der Waals surface area (Å²) in [6, 6.07) is 6.80. The first-order valence-electron chi connectivity index (χ1n) is 8.52. The molecule has 6 heteroatoms. The fourth-order valence-electron chi connectivity index (χ4n) is 2.67. The summed E-state index contributed by atoms with van der Waals surface area (Å²) in [5.74, 6) is 0.646. The lowest BCUT2D eigenvalue weighted by Gasteiger charge is -2.27. The van der Waals surface area contributed by atoms with Crippen LogP contribution in [0, 0.1) is 5.92 Å². The van der Waals surface area contributed by atoms with Crippen molar-refractivity contribution in [2.45, 2.75) is 64.2 Å². The van der Waals surface area contributed by atoms with Crippen molar-refractivity contribution in [3.8, 4) is 0 Å². The zero-order valence-electron chi connectivity index (χ0n) is 14.9. The smallest absolute Gasteiger partial charge is 0.251 e. The van der Waals surface area contributed by atoms with Gasteiger partial charge >= 0.3 is 0 Å². The van der Waals surface area contributed by atoms with Crippen molar-refractivity contribution in [2.24, 2.45) is 5.92 Å². The molecular weight excluding hydrogens is 324 g/mol. The summed E-state index contributed by atoms with van der Waals surface area (Å²) in [7, 11) is -3.46. The predicted octanol–water partition coefficient (Wildman–Crippen LogP) is 3.54. The Labute approximate surface area is 145 Å². The minimum atomic E-state index is -3.46. The number of nitrogens with one attached hydrogen (secondary N) is 2. The number of carbonyl (C=O) groups is 1. The molecule has 0 saturated heterocycles. The normalized spacial score (nSPS) is 22.0. The molecule has 0 radical (unpaired) electrons. The van der Waals surface area contributed by atoms with Gasteiger partial charge in [-0.15, -0.1) is 0 Å². The van der Waals surface area contributed by atoms with Gasteiger partial charge in [-0.25, -0.2) is 8.42 Å².